The molecule has 1 aromatic heterocycles. The fourth-order valence-electron chi connectivity index (χ4n) is 4.79. The number of nitrogens with zero attached hydrogens (tertiary/aromatic N) is 2. The first-order valence-corrected chi connectivity index (χ1v) is 13.3. The predicted octanol–water partition coefficient (Wildman–Crippen LogP) is 3.73. The maximum absolute atomic E-state index is 13.7. The van der Waals surface area contributed by atoms with Crippen molar-refractivity contribution in [2.45, 2.75) is 98.4 Å². The van der Waals surface area contributed by atoms with Crippen LogP contribution >= 0.6 is 0 Å². The number of likely N-dealkylation sites (tertiary alicyclic amines) is 1. The fourth-order valence-corrected chi connectivity index (χ4v) is 4.79. The van der Waals surface area contributed by atoms with Gasteiger partial charge in [0.15, 0.2) is 0 Å². The number of piperidine rings is 1. The molecule has 0 unspecified atom stereocenters. The summed E-state index contributed by atoms with van der Waals surface area (Å²) in [5, 5.41) is 5.92. The molecule has 8 nitrogen and oxygen atoms in total. The number of carbonyl (C=O) groups is 3. The van der Waals surface area contributed by atoms with Crippen molar-refractivity contribution in [2.75, 3.05) is 13.6 Å². The van der Waals surface area contributed by atoms with Gasteiger partial charge in [-0.2, -0.15) is 0 Å². The zero-order chi connectivity index (χ0) is 27.0. The molecule has 1 aliphatic rings. The van der Waals surface area contributed by atoms with E-state index in [0.717, 1.165) is 25.8 Å². The van der Waals surface area contributed by atoms with Crippen molar-refractivity contribution in [3.63, 3.8) is 0 Å². The summed E-state index contributed by atoms with van der Waals surface area (Å²) in [5.41, 5.74) is 0.528. The van der Waals surface area contributed by atoms with Crippen LogP contribution in [0, 0.1) is 11.8 Å². The van der Waals surface area contributed by atoms with Gasteiger partial charge in [-0.15, -0.1) is 0 Å². The number of likely N-dealkylation sites (N-methyl/N-ethyl adjacent to an activating group) is 1. The summed E-state index contributed by atoms with van der Waals surface area (Å²) < 4.78 is 5.27. The van der Waals surface area contributed by atoms with Crippen LogP contribution in [0.1, 0.15) is 73.5 Å². The number of rotatable bonds is 11. The molecule has 36 heavy (non-hydrogen) atoms. The van der Waals surface area contributed by atoms with Gasteiger partial charge in [0, 0.05) is 18.7 Å². The Kier molecular flexibility index (Phi) is 11.2. The molecule has 1 fully saturated rings. The lowest BCUT2D eigenvalue weighted by atomic mass is 9.95. The lowest BCUT2D eigenvalue weighted by Crippen LogP contribution is -2.58. The monoisotopic (exact) mass is 502 g/mol. The van der Waals surface area contributed by atoms with Crippen molar-refractivity contribution in [1.29, 1.82) is 0 Å². The van der Waals surface area contributed by atoms with Gasteiger partial charge in [-0.1, -0.05) is 40.2 Å². The van der Waals surface area contributed by atoms with E-state index in [1.807, 2.05) is 33.8 Å². The van der Waals surface area contributed by atoms with Gasteiger partial charge in [0.2, 0.25) is 17.7 Å². The maximum atomic E-state index is 13.7. The topological polar surface area (TPSA) is 94.9 Å². The predicted molar refractivity (Wildman–Crippen MR) is 142 cm³/mol. The van der Waals surface area contributed by atoms with Crippen LogP contribution in [0.25, 0.3) is 0 Å². The second kappa shape index (κ2) is 13.6. The summed E-state index contributed by atoms with van der Waals surface area (Å²) in [6, 6.07) is 2.70. The molecule has 1 aliphatic heterocycles. The Balaban J connectivity index is 2.13. The van der Waals surface area contributed by atoms with E-state index < -0.39 is 6.04 Å². The minimum absolute atomic E-state index is 0.0741. The molecule has 3 amide bonds. The summed E-state index contributed by atoms with van der Waals surface area (Å²) in [5.74, 6) is 0.239. The lowest BCUT2D eigenvalue weighted by Gasteiger charge is -2.39. The third-order valence-corrected chi connectivity index (χ3v) is 7.00. The van der Waals surface area contributed by atoms with Crippen molar-refractivity contribution in [3.05, 3.63) is 35.8 Å². The molecular formula is C28H46N4O4. The molecule has 0 bridgehead atoms. The molecule has 1 aromatic rings. The molecule has 0 aliphatic carbocycles. The Bertz CT molecular complexity index is 891. The Hall–Kier alpha value is -2.61. The van der Waals surface area contributed by atoms with Crippen LogP contribution in [0.15, 0.2) is 34.5 Å². The van der Waals surface area contributed by atoms with E-state index in [9.17, 15) is 14.4 Å². The van der Waals surface area contributed by atoms with E-state index in [1.165, 1.54) is 0 Å². The highest BCUT2D eigenvalue weighted by Gasteiger charge is 2.36. The standard InChI is InChI=1S/C28H46N4O4/c1-18(2)24(16-21(7)26(33)29-17-22-12-11-15-36-22)31(8)28(35)25(19(3)4)30-27(34)23-13-9-10-14-32(23)20(5)6/h11-12,15-16,18-20,23-25H,9-10,13-14,17H2,1-8H3,(H,29,33)(H,30,34)/t23-,24-,25+/m1/s1. The van der Waals surface area contributed by atoms with Crippen molar-refractivity contribution in [3.8, 4) is 0 Å². The third kappa shape index (κ3) is 7.95. The Morgan fingerprint density at radius 2 is 1.83 bits per heavy atom. The van der Waals surface area contributed by atoms with Gasteiger partial charge >= 0.3 is 0 Å². The molecule has 8 heteroatoms. The fraction of sp³-hybridized carbons (Fsp3) is 0.679. The number of carbonyl (C=O) groups excluding carboxylic acids is 3. The molecule has 3 atom stereocenters. The Morgan fingerprint density at radius 3 is 2.39 bits per heavy atom. The van der Waals surface area contributed by atoms with Crippen molar-refractivity contribution in [2.24, 2.45) is 11.8 Å². The van der Waals surface area contributed by atoms with Gasteiger partial charge in [0.05, 0.1) is 24.9 Å². The maximum Gasteiger partial charge on any atom is 0.247 e. The lowest BCUT2D eigenvalue weighted by molar-refractivity contribution is -0.140. The van der Waals surface area contributed by atoms with Gasteiger partial charge in [0.1, 0.15) is 11.8 Å². The van der Waals surface area contributed by atoms with Crippen LogP contribution in [0.2, 0.25) is 0 Å². The number of nitrogens with one attached hydrogen (secondary N) is 2. The molecule has 2 rings (SSSR count). The molecule has 0 aromatic carbocycles. The largest absolute Gasteiger partial charge is 0.467 e. The van der Waals surface area contributed by atoms with Gasteiger partial charge in [-0.3, -0.25) is 19.3 Å². The minimum atomic E-state index is -0.638. The van der Waals surface area contributed by atoms with Crippen LogP contribution in [-0.2, 0) is 20.9 Å². The van der Waals surface area contributed by atoms with Crippen LogP contribution < -0.4 is 10.6 Å². The smallest absolute Gasteiger partial charge is 0.247 e. The highest BCUT2D eigenvalue weighted by Crippen LogP contribution is 2.21. The molecule has 0 spiro atoms. The molecular weight excluding hydrogens is 456 g/mol. The van der Waals surface area contributed by atoms with Crippen molar-refractivity contribution < 1.29 is 18.8 Å². The van der Waals surface area contributed by atoms with Crippen LogP contribution in [0.3, 0.4) is 0 Å². The SMILES string of the molecule is CC(=C[C@H](C(C)C)N(C)C(=O)[C@@H](NC(=O)[C@H]1CCCCN1C(C)C)C(C)C)C(=O)NCc1ccco1. The Morgan fingerprint density at radius 1 is 1.14 bits per heavy atom. The van der Waals surface area contributed by atoms with Gasteiger partial charge in [-0.05, 0) is 64.1 Å². The van der Waals surface area contributed by atoms with E-state index in [1.54, 1.807) is 37.3 Å². The quantitative estimate of drug-likeness (QED) is 0.450. The summed E-state index contributed by atoms with van der Waals surface area (Å²) in [4.78, 5) is 43.5. The first kappa shape index (κ1) is 29.6. The molecule has 0 saturated carbocycles. The van der Waals surface area contributed by atoms with Gasteiger partial charge < -0.3 is 20.0 Å². The number of hydrogen-bond donors (Lipinski definition) is 2. The van der Waals surface area contributed by atoms with E-state index in [-0.39, 0.29) is 47.7 Å². The zero-order valence-corrected chi connectivity index (χ0v) is 23.3. The van der Waals surface area contributed by atoms with Gasteiger partial charge in [-0.25, -0.2) is 0 Å². The summed E-state index contributed by atoms with van der Waals surface area (Å²) >= 11 is 0. The first-order chi connectivity index (χ1) is 16.9. The minimum Gasteiger partial charge on any atom is -0.467 e. The molecule has 1 saturated heterocycles. The highest BCUT2D eigenvalue weighted by molar-refractivity contribution is 5.93. The number of furan rings is 1. The molecule has 0 radical (unpaired) electrons. The Labute approximate surface area is 216 Å². The second-order valence-corrected chi connectivity index (χ2v) is 10.9. The molecule has 2 N–H and O–H groups in total. The summed E-state index contributed by atoms with van der Waals surface area (Å²) in [6.45, 7) is 15.1. The summed E-state index contributed by atoms with van der Waals surface area (Å²) in [6.07, 6.45) is 6.32. The van der Waals surface area contributed by atoms with E-state index >= 15 is 0 Å². The van der Waals surface area contributed by atoms with Crippen LogP contribution in [-0.4, -0.2) is 65.3 Å². The normalized spacial score (nSPS) is 18.9. The van der Waals surface area contributed by atoms with Gasteiger partial charge in [0.25, 0.3) is 0 Å². The van der Waals surface area contributed by atoms with Crippen molar-refractivity contribution >= 4 is 17.7 Å². The summed E-state index contributed by atoms with van der Waals surface area (Å²) in [7, 11) is 1.75. The highest BCUT2D eigenvalue weighted by atomic mass is 16.3. The van der Waals surface area contributed by atoms with Crippen molar-refractivity contribution in [1.82, 2.24) is 20.4 Å². The molecule has 2 heterocycles. The molecule has 202 valence electrons. The average Bonchev–Trinajstić information content (AvgIpc) is 3.36. The average molecular weight is 503 g/mol. The van der Waals surface area contributed by atoms with E-state index in [4.69, 9.17) is 4.42 Å². The zero-order valence-electron chi connectivity index (χ0n) is 23.3. The van der Waals surface area contributed by atoms with E-state index in [2.05, 4.69) is 29.4 Å². The van der Waals surface area contributed by atoms with Crippen LogP contribution in [0.4, 0.5) is 0 Å². The second-order valence-electron chi connectivity index (χ2n) is 10.9. The first-order valence-electron chi connectivity index (χ1n) is 13.3. The number of amides is 3. The third-order valence-electron chi connectivity index (χ3n) is 7.00. The van der Waals surface area contributed by atoms with Crippen LogP contribution in [0.5, 0.6) is 0 Å². The number of hydrogen-bond acceptors (Lipinski definition) is 5. The van der Waals surface area contributed by atoms with E-state index in [0.29, 0.717) is 17.9 Å².